The fourth-order valence-electron chi connectivity index (χ4n) is 5.09. The van der Waals surface area contributed by atoms with E-state index in [0.29, 0.717) is 24.1 Å². The molecular formula is C29H43N7O5S. The number of fused-ring (bicyclic) bond motifs is 1. The van der Waals surface area contributed by atoms with Crippen molar-refractivity contribution >= 4 is 27.9 Å². The highest BCUT2D eigenvalue weighted by molar-refractivity contribution is 7.89. The second-order valence-electron chi connectivity index (χ2n) is 11.3. The molecule has 12 nitrogen and oxygen atoms in total. The molecule has 0 aliphatic carbocycles. The molecule has 230 valence electrons. The van der Waals surface area contributed by atoms with Crippen LogP contribution in [0, 0.1) is 26.2 Å². The summed E-state index contributed by atoms with van der Waals surface area (Å²) < 4.78 is 34.9. The van der Waals surface area contributed by atoms with Crippen molar-refractivity contribution in [2.24, 2.45) is 17.2 Å². The van der Waals surface area contributed by atoms with Crippen LogP contribution in [0.4, 0.5) is 4.79 Å². The lowest BCUT2D eigenvalue weighted by molar-refractivity contribution is -0.122. The van der Waals surface area contributed by atoms with E-state index in [0.717, 1.165) is 38.7 Å². The molecule has 0 saturated carbocycles. The van der Waals surface area contributed by atoms with Crippen molar-refractivity contribution in [3.05, 3.63) is 57.6 Å². The van der Waals surface area contributed by atoms with Crippen LogP contribution in [0.25, 0.3) is 0 Å². The zero-order valence-corrected chi connectivity index (χ0v) is 25.8. The Hall–Kier alpha value is -3.84. The molecule has 0 fully saturated rings. The fourth-order valence-corrected chi connectivity index (χ4v) is 6.98. The van der Waals surface area contributed by atoms with Gasteiger partial charge in [-0.3, -0.25) is 10.2 Å². The Kier molecular flexibility index (Phi) is 10.1. The Morgan fingerprint density at radius 3 is 2.14 bits per heavy atom. The molecule has 2 aromatic carbocycles. The highest BCUT2D eigenvalue weighted by atomic mass is 32.2. The minimum atomic E-state index is -4.17. The summed E-state index contributed by atoms with van der Waals surface area (Å²) in [6, 6.07) is 5.78. The summed E-state index contributed by atoms with van der Waals surface area (Å²) in [5, 5.41) is 13.3. The average molecular weight is 602 g/mol. The second kappa shape index (κ2) is 13.0. The summed E-state index contributed by atoms with van der Waals surface area (Å²) in [5.41, 5.74) is 21.1. The smallest absolute Gasteiger partial charge is 0.312 e. The van der Waals surface area contributed by atoms with E-state index in [-0.39, 0.29) is 42.3 Å². The summed E-state index contributed by atoms with van der Waals surface area (Å²) in [5.74, 6) is -0.261. The minimum Gasteiger partial charge on any atom is -0.487 e. The fraction of sp³-hybridized carbons (Fsp3) is 0.483. The molecule has 1 atom stereocenters. The highest BCUT2D eigenvalue weighted by Crippen LogP contribution is 2.42. The lowest BCUT2D eigenvalue weighted by atomic mass is 9.88. The predicted octanol–water partition coefficient (Wildman–Crippen LogP) is 2.19. The van der Waals surface area contributed by atoms with Gasteiger partial charge in [-0.05, 0) is 93.7 Å². The van der Waals surface area contributed by atoms with Gasteiger partial charge in [0.2, 0.25) is 11.9 Å². The molecule has 0 aromatic heterocycles. The number of primary amides is 1. The largest absolute Gasteiger partial charge is 0.487 e. The molecule has 0 radical (unpaired) electrons. The van der Waals surface area contributed by atoms with Gasteiger partial charge in [-0.25, -0.2) is 17.5 Å². The Morgan fingerprint density at radius 2 is 1.60 bits per heavy atom. The maximum atomic E-state index is 13.9. The van der Waals surface area contributed by atoms with Gasteiger partial charge >= 0.3 is 6.03 Å². The highest BCUT2D eigenvalue weighted by Gasteiger charge is 2.36. The number of sulfonamides is 1. The molecule has 1 heterocycles. The third-order valence-electron chi connectivity index (χ3n) is 7.65. The van der Waals surface area contributed by atoms with E-state index in [9.17, 15) is 18.0 Å². The summed E-state index contributed by atoms with van der Waals surface area (Å²) in [6.07, 6.45) is 1.83. The first-order valence-corrected chi connectivity index (χ1v) is 15.3. The predicted molar refractivity (Wildman–Crippen MR) is 161 cm³/mol. The van der Waals surface area contributed by atoms with E-state index in [2.05, 4.69) is 10.6 Å². The average Bonchev–Trinajstić information content (AvgIpc) is 2.91. The number of rotatable bonds is 11. The van der Waals surface area contributed by atoms with Crippen LogP contribution in [0.3, 0.4) is 0 Å². The molecule has 42 heavy (non-hydrogen) atoms. The van der Waals surface area contributed by atoms with Crippen LogP contribution in [-0.4, -0.2) is 48.8 Å². The molecule has 9 N–H and O–H groups in total. The molecular weight excluding hydrogens is 558 g/mol. The molecule has 0 unspecified atom stereocenters. The number of carbonyl (C=O) groups excluding carboxylic acids is 2. The lowest BCUT2D eigenvalue weighted by Crippen LogP contribution is -2.44. The number of nitrogens with zero attached hydrogens (tertiary/aromatic N) is 1. The summed E-state index contributed by atoms with van der Waals surface area (Å²) in [6.45, 7) is 9.83. The normalized spacial score (nSPS) is 14.7. The Labute approximate surface area is 247 Å². The van der Waals surface area contributed by atoms with Crippen molar-refractivity contribution in [3.8, 4) is 5.75 Å². The third-order valence-corrected chi connectivity index (χ3v) is 9.74. The number of guanidine groups is 1. The van der Waals surface area contributed by atoms with Crippen LogP contribution >= 0.6 is 0 Å². The number of amides is 3. The van der Waals surface area contributed by atoms with Gasteiger partial charge in [0.05, 0.1) is 10.9 Å². The molecule has 1 aliphatic rings. The van der Waals surface area contributed by atoms with E-state index in [1.807, 2.05) is 45.0 Å². The van der Waals surface area contributed by atoms with E-state index >= 15 is 0 Å². The third kappa shape index (κ3) is 7.51. The molecule has 2 aromatic rings. The van der Waals surface area contributed by atoms with Crippen molar-refractivity contribution in [3.63, 3.8) is 0 Å². The summed E-state index contributed by atoms with van der Waals surface area (Å²) >= 11 is 0. The van der Waals surface area contributed by atoms with Crippen molar-refractivity contribution in [1.29, 1.82) is 5.41 Å². The maximum absolute atomic E-state index is 13.9. The monoisotopic (exact) mass is 601 g/mol. The van der Waals surface area contributed by atoms with Crippen LogP contribution < -0.4 is 32.6 Å². The zero-order chi connectivity index (χ0) is 31.4. The lowest BCUT2D eigenvalue weighted by Gasteiger charge is -2.36. The Morgan fingerprint density at radius 1 is 1.02 bits per heavy atom. The van der Waals surface area contributed by atoms with Crippen LogP contribution in [0.2, 0.25) is 0 Å². The number of hydrogen-bond acceptors (Lipinski definition) is 7. The first-order valence-electron chi connectivity index (χ1n) is 13.9. The summed E-state index contributed by atoms with van der Waals surface area (Å²) in [7, 11) is -4.17. The molecule has 0 spiro atoms. The first-order chi connectivity index (χ1) is 19.5. The molecule has 3 amide bonds. The van der Waals surface area contributed by atoms with E-state index in [1.54, 1.807) is 13.8 Å². The number of urea groups is 1. The molecule has 0 bridgehead atoms. The van der Waals surface area contributed by atoms with E-state index < -0.39 is 28.1 Å². The van der Waals surface area contributed by atoms with Gasteiger partial charge in [0.25, 0.3) is 10.0 Å². The number of benzene rings is 2. The van der Waals surface area contributed by atoms with Gasteiger partial charge in [0, 0.05) is 19.6 Å². The molecule has 1 aliphatic heterocycles. The number of nitrogens with one attached hydrogen (secondary N) is 3. The molecule has 3 rings (SSSR count). The molecule has 0 saturated heterocycles. The number of carbonyl (C=O) groups is 2. The molecule has 13 heteroatoms. The number of nitrogens with two attached hydrogens (primary N) is 3. The summed E-state index contributed by atoms with van der Waals surface area (Å²) in [4.78, 5) is 23.6. The van der Waals surface area contributed by atoms with Gasteiger partial charge in [0.15, 0.2) is 0 Å². The quantitative estimate of drug-likeness (QED) is 0.167. The number of ether oxygens (including phenoxy) is 1. The minimum absolute atomic E-state index is 0.0992. The standard InChI is InChI=1S/C29H43N7O5S/c1-17-18(2)25(19(3)22-12-13-29(4,5)41-24(17)22)42(39,40)36(27(31)32)14-6-7-23(30)26(37)34-15-20-8-10-21(11-9-20)16-35-28(33)38/h8-11,23H,6-7,12-16,30H2,1-5H3,(H3,31,32)(H,34,37)(H3,33,35,38)/t23-/m1/s1. The van der Waals surface area contributed by atoms with Gasteiger partial charge < -0.3 is 32.6 Å². The van der Waals surface area contributed by atoms with Gasteiger partial charge in [-0.2, -0.15) is 0 Å². The van der Waals surface area contributed by atoms with Gasteiger partial charge in [0.1, 0.15) is 11.4 Å². The van der Waals surface area contributed by atoms with Crippen molar-refractivity contribution < 1.29 is 22.7 Å². The van der Waals surface area contributed by atoms with Crippen LogP contribution in [0.1, 0.15) is 66.5 Å². The van der Waals surface area contributed by atoms with Crippen LogP contribution in [0.15, 0.2) is 29.2 Å². The SMILES string of the molecule is Cc1c(C)c(S(=O)(=O)N(CCC[C@@H](N)C(=O)NCc2ccc(CNC(N)=O)cc2)C(=N)N)c(C)c2c1OC(C)(C)CC2. The zero-order valence-electron chi connectivity index (χ0n) is 25.0. The maximum Gasteiger partial charge on any atom is 0.312 e. The van der Waals surface area contributed by atoms with Crippen LogP contribution in [-0.2, 0) is 34.3 Å². The number of hydrogen-bond donors (Lipinski definition) is 6. The van der Waals surface area contributed by atoms with Crippen molar-refractivity contribution in [1.82, 2.24) is 14.9 Å². The van der Waals surface area contributed by atoms with Crippen molar-refractivity contribution in [2.75, 3.05) is 6.54 Å². The Bertz CT molecular complexity index is 1460. The topological polar surface area (TPSA) is 207 Å². The Balaban J connectivity index is 1.64. The first kappa shape index (κ1) is 32.7. The van der Waals surface area contributed by atoms with Crippen molar-refractivity contribution in [2.45, 2.75) is 89.9 Å². The van der Waals surface area contributed by atoms with Crippen LogP contribution in [0.5, 0.6) is 5.75 Å². The van der Waals surface area contributed by atoms with Gasteiger partial charge in [-0.15, -0.1) is 0 Å². The second-order valence-corrected chi connectivity index (χ2v) is 13.1. The van der Waals surface area contributed by atoms with Gasteiger partial charge in [-0.1, -0.05) is 24.3 Å². The van der Waals surface area contributed by atoms with E-state index in [1.165, 1.54) is 0 Å². The van der Waals surface area contributed by atoms with E-state index in [4.69, 9.17) is 27.3 Å².